The van der Waals surface area contributed by atoms with E-state index in [4.69, 9.17) is 22.9 Å². The fraction of sp³-hybridized carbons (Fsp3) is 0. The van der Waals surface area contributed by atoms with Crippen LogP contribution in [0, 0.1) is 0 Å². The number of fused-ring (bicyclic) bond motifs is 2. The molecule has 0 amide bonds. The van der Waals surface area contributed by atoms with E-state index in [9.17, 15) is 49.1 Å². The van der Waals surface area contributed by atoms with Gasteiger partial charge in [0.25, 0.3) is 20.2 Å². The molecular weight excluding hydrogens is 1000 g/mol. The number of nitrogen functional groups attached to an aromatic ring is 4. The summed E-state index contributed by atoms with van der Waals surface area (Å²) in [7, 11) is -15.4. The molecule has 8 aromatic carbocycles. The average molecular weight is 1040 g/mol. The van der Waals surface area contributed by atoms with E-state index in [1.165, 1.54) is 84.9 Å². The van der Waals surface area contributed by atoms with Gasteiger partial charge in [0, 0.05) is 17.1 Å². The summed E-state index contributed by atoms with van der Waals surface area (Å²) in [5.41, 5.74) is 23.6. The summed E-state index contributed by atoms with van der Waals surface area (Å²) in [6, 6.07) is 27.9. The van der Waals surface area contributed by atoms with E-state index in [0.717, 1.165) is 24.3 Å². The van der Waals surface area contributed by atoms with Crippen LogP contribution >= 0.6 is 0 Å². The van der Waals surface area contributed by atoms with E-state index in [0.29, 0.717) is 17.1 Å². The second-order valence-electron chi connectivity index (χ2n) is 15.1. The van der Waals surface area contributed by atoms with Crippen LogP contribution in [0.2, 0.25) is 0 Å². The van der Waals surface area contributed by atoms with Gasteiger partial charge in [0.05, 0.1) is 56.1 Å². The van der Waals surface area contributed by atoms with Crippen molar-refractivity contribution in [2.24, 2.45) is 40.9 Å². The number of nitrogens with two attached hydrogens (primary N) is 4. The first-order valence-electron chi connectivity index (χ1n) is 20.0. The van der Waals surface area contributed by atoms with Crippen LogP contribution in [0.5, 0.6) is 11.5 Å². The Morgan fingerprint density at radius 2 is 0.824 bits per heavy atom. The smallest absolute Gasteiger partial charge is 0.871 e. The van der Waals surface area contributed by atoms with Gasteiger partial charge in [0.1, 0.15) is 31.3 Å². The number of nitrogens with zero attached hydrogens (tertiary/aromatic N) is 8. The van der Waals surface area contributed by atoms with Crippen molar-refractivity contribution in [3.05, 3.63) is 127 Å². The van der Waals surface area contributed by atoms with Crippen LogP contribution in [0.3, 0.4) is 0 Å². The molecule has 0 saturated carbocycles. The van der Waals surface area contributed by atoms with Crippen molar-refractivity contribution in [2.45, 2.75) is 14.7 Å². The zero-order chi connectivity index (χ0) is 51.0. The first-order valence-corrected chi connectivity index (χ1v) is 24.3. The van der Waals surface area contributed by atoms with Gasteiger partial charge in [-0.2, -0.15) is 37.3 Å². The Morgan fingerprint density at radius 3 is 1.24 bits per heavy atom. The summed E-state index contributed by atoms with van der Waals surface area (Å²) in [4.78, 5) is -2.59. The SMILES string of the molecule is Nc1ccc(N=Nc2ccc3cc(S(=O)(=O)O)c(N=Nc4ccc(Nc5ccc(N=Nc6c(S(=O)(=O)O)cc7ccc(N=Nc8ccc(N)cc8N)cc7c6[O-])cc5S(=O)(=O)[O-])cc4)c([O-])c3c2)c(N)c1.[Li+].[Li+].[Li+]. The van der Waals surface area contributed by atoms with Crippen molar-refractivity contribution in [2.75, 3.05) is 28.3 Å². The van der Waals surface area contributed by atoms with Gasteiger partial charge in [-0.25, -0.2) is 8.42 Å². The van der Waals surface area contributed by atoms with Crippen LogP contribution < -0.4 is 95.0 Å². The monoisotopic (exact) mass is 1040 g/mol. The van der Waals surface area contributed by atoms with Crippen LogP contribution in [-0.2, 0) is 30.4 Å². The normalized spacial score (nSPS) is 12.1. The molecule has 0 spiro atoms. The molecule has 8 aromatic rings. The zero-order valence-electron chi connectivity index (χ0n) is 38.8. The maximum atomic E-state index is 13.7. The minimum atomic E-state index is -5.27. The fourth-order valence-electron chi connectivity index (χ4n) is 6.76. The molecule has 30 heteroatoms. The first kappa shape index (κ1) is 57.7. The number of nitrogens with one attached hydrogen (secondary N) is 1. The quantitative estimate of drug-likeness (QED) is 0.0353. The molecule has 0 aromatic heterocycles. The topological polar surface area (TPSA) is 427 Å². The molecule has 0 bridgehead atoms. The van der Waals surface area contributed by atoms with Gasteiger partial charge < -0.3 is 43.0 Å². The third-order valence-electron chi connectivity index (χ3n) is 10.2. The molecule has 0 unspecified atom stereocenters. The van der Waals surface area contributed by atoms with Gasteiger partial charge >= 0.3 is 56.6 Å². The van der Waals surface area contributed by atoms with Crippen LogP contribution in [0.25, 0.3) is 21.5 Å². The molecular formula is C44H32Li3N13O11S3. The predicted molar refractivity (Wildman–Crippen MR) is 258 cm³/mol. The Balaban J connectivity index is 0.00000338. The Bertz CT molecular complexity index is 3990. The molecule has 0 aliphatic heterocycles. The second-order valence-corrected chi connectivity index (χ2v) is 19.2. The molecule has 11 N–H and O–H groups in total. The number of azo groups is 4. The molecule has 8 rings (SSSR count). The van der Waals surface area contributed by atoms with Gasteiger partial charge in [-0.3, -0.25) is 9.11 Å². The van der Waals surface area contributed by atoms with Crippen LogP contribution in [0.15, 0.2) is 183 Å². The fourth-order valence-corrected chi connectivity index (χ4v) is 8.72. The Morgan fingerprint density at radius 1 is 0.432 bits per heavy atom. The summed E-state index contributed by atoms with van der Waals surface area (Å²) in [5, 5.41) is 61.9. The summed E-state index contributed by atoms with van der Waals surface area (Å²) in [6.45, 7) is 0. The molecule has 0 aliphatic rings. The molecule has 0 saturated heterocycles. The predicted octanol–water partition coefficient (Wildman–Crippen LogP) is 0.284. The standard InChI is InChI=1S/C44H35N13O11S3.3Li/c45-24-3-12-35(33(47)17-24)54-51-28-5-1-22-15-39(70(63,64)65)41(43(58)31(22)19-28)56-50-27-9-7-26(8-10-27)49-37-14-11-30(21-38(37)69(60,61)62)53-57-42-40(71(66,67)68)16-23-2-6-29(20-32(23)44(42)59)52-55-36-13-4-25(46)18-34(36)48;;;/h1-21,49,58-59H,45-48H2,(H,60,61,62)(H,63,64,65)(H,66,67,68);;;/q;3*+1/p-3. The van der Waals surface area contributed by atoms with Gasteiger partial charge in [-0.05, 0) is 137 Å². The van der Waals surface area contributed by atoms with Crippen molar-refractivity contribution in [1.82, 2.24) is 0 Å². The number of rotatable bonds is 13. The number of anilines is 6. The average Bonchev–Trinajstić information content (AvgIpc) is 3.30. The van der Waals surface area contributed by atoms with E-state index in [1.54, 1.807) is 18.2 Å². The summed E-state index contributed by atoms with van der Waals surface area (Å²) < 4.78 is 107. The molecule has 0 atom stereocenters. The van der Waals surface area contributed by atoms with Crippen molar-refractivity contribution < 1.29 is 106 Å². The Kier molecular flexibility index (Phi) is 17.9. The van der Waals surface area contributed by atoms with Crippen molar-refractivity contribution >= 4 is 132 Å². The second kappa shape index (κ2) is 22.9. The molecule has 0 radical (unpaired) electrons. The van der Waals surface area contributed by atoms with E-state index < -0.39 is 67.9 Å². The number of benzene rings is 8. The Hall–Kier alpha value is -7.20. The molecule has 74 heavy (non-hydrogen) atoms. The van der Waals surface area contributed by atoms with Crippen LogP contribution in [-0.4, -0.2) is 38.9 Å². The van der Waals surface area contributed by atoms with Crippen LogP contribution in [0.1, 0.15) is 0 Å². The van der Waals surface area contributed by atoms with Gasteiger partial charge in [-0.1, -0.05) is 23.6 Å². The van der Waals surface area contributed by atoms with Gasteiger partial charge in [0.15, 0.2) is 0 Å². The minimum absolute atomic E-state index is 0. The molecule has 360 valence electrons. The van der Waals surface area contributed by atoms with Crippen LogP contribution in [0.4, 0.5) is 79.6 Å². The molecule has 24 nitrogen and oxygen atoms in total. The van der Waals surface area contributed by atoms with Gasteiger partial charge in [0.2, 0.25) is 0 Å². The van der Waals surface area contributed by atoms with Crippen molar-refractivity contribution in [3.63, 3.8) is 0 Å². The summed E-state index contributed by atoms with van der Waals surface area (Å²) in [6.07, 6.45) is 0. The van der Waals surface area contributed by atoms with E-state index in [1.807, 2.05) is 0 Å². The maximum Gasteiger partial charge on any atom is 1.00 e. The van der Waals surface area contributed by atoms with Crippen molar-refractivity contribution in [3.8, 4) is 11.5 Å². The Labute approximate surface area is 456 Å². The maximum absolute atomic E-state index is 13.7. The number of hydrogen-bond donors (Lipinski definition) is 7. The molecule has 0 aliphatic carbocycles. The largest absolute Gasteiger partial charge is 1.00 e. The number of hydrogen-bond acceptors (Lipinski definition) is 22. The summed E-state index contributed by atoms with van der Waals surface area (Å²) in [5.74, 6) is -1.93. The summed E-state index contributed by atoms with van der Waals surface area (Å²) >= 11 is 0. The minimum Gasteiger partial charge on any atom is -0.871 e. The van der Waals surface area contributed by atoms with Gasteiger partial charge in [-0.15, -0.1) is 20.5 Å². The molecule has 0 heterocycles. The van der Waals surface area contributed by atoms with E-state index in [-0.39, 0.29) is 129 Å². The molecule has 0 fully saturated rings. The third kappa shape index (κ3) is 13.1. The first-order chi connectivity index (χ1) is 33.5. The van der Waals surface area contributed by atoms with E-state index in [2.05, 4.69) is 46.2 Å². The van der Waals surface area contributed by atoms with Crippen molar-refractivity contribution in [1.29, 1.82) is 0 Å². The third-order valence-corrected chi connectivity index (χ3v) is 12.8. The van der Waals surface area contributed by atoms with E-state index >= 15 is 0 Å². The zero-order valence-corrected chi connectivity index (χ0v) is 41.3.